The van der Waals surface area contributed by atoms with Gasteiger partial charge in [0.15, 0.2) is 0 Å². The highest BCUT2D eigenvalue weighted by Gasteiger charge is 2.16. The highest BCUT2D eigenvalue weighted by molar-refractivity contribution is 5.90. The third kappa shape index (κ3) is 3.83. The number of hydrogen-bond donors (Lipinski definition) is 0. The first-order chi connectivity index (χ1) is 15.2. The van der Waals surface area contributed by atoms with Crippen LogP contribution in [0.5, 0.6) is 0 Å². The Morgan fingerprint density at radius 2 is 1.74 bits per heavy atom. The summed E-state index contributed by atoms with van der Waals surface area (Å²) >= 11 is 0. The number of aromatic nitrogens is 2. The number of ether oxygens (including phenoxy) is 1. The van der Waals surface area contributed by atoms with Crippen LogP contribution in [0.4, 0.5) is 11.5 Å². The minimum absolute atomic E-state index is 0.0638. The number of morpholine rings is 1. The first-order valence-electron chi connectivity index (χ1n) is 10.1. The van der Waals surface area contributed by atoms with Crippen LogP contribution in [-0.2, 0) is 4.74 Å². The molecule has 0 saturated carbocycles. The maximum Gasteiger partial charge on any atom is 0.278 e. The summed E-state index contributed by atoms with van der Waals surface area (Å²) < 4.78 is 5.50. The average Bonchev–Trinajstić information content (AvgIpc) is 2.82. The van der Waals surface area contributed by atoms with E-state index in [1.165, 1.54) is 6.07 Å². The van der Waals surface area contributed by atoms with Gasteiger partial charge in [0.1, 0.15) is 5.82 Å². The number of benzene rings is 2. The molecule has 31 heavy (non-hydrogen) atoms. The van der Waals surface area contributed by atoms with Crippen LogP contribution in [0.3, 0.4) is 0 Å². The summed E-state index contributed by atoms with van der Waals surface area (Å²) in [5, 5.41) is 12.9. The van der Waals surface area contributed by atoms with Crippen LogP contribution < -0.4 is 4.90 Å². The Labute approximate surface area is 178 Å². The third-order valence-corrected chi connectivity index (χ3v) is 5.40. The van der Waals surface area contributed by atoms with Gasteiger partial charge in [-0.2, -0.15) is 0 Å². The maximum absolute atomic E-state index is 11.2. The quantitative estimate of drug-likeness (QED) is 0.357. The minimum Gasteiger partial charge on any atom is -0.378 e. The second-order valence-corrected chi connectivity index (χ2v) is 7.36. The van der Waals surface area contributed by atoms with Crippen LogP contribution in [0.2, 0.25) is 0 Å². The molecule has 5 rings (SSSR count). The predicted octanol–water partition coefficient (Wildman–Crippen LogP) is 4.70. The standard InChI is InChI=1S/C24H20N4O3/c29-28(30)23-7-3-6-22-20(23)11-10-19(25-22)9-8-18-16-17-4-1-2-5-21(17)26-24(18)27-12-14-31-15-13-27/h1-11,16H,12-15H2. The number of nitrogens with zero attached hydrogens (tertiary/aromatic N) is 4. The van der Waals surface area contributed by atoms with Gasteiger partial charge in [-0.1, -0.05) is 24.3 Å². The van der Waals surface area contributed by atoms with Crippen molar-refractivity contribution in [3.8, 4) is 0 Å². The van der Waals surface area contributed by atoms with E-state index >= 15 is 0 Å². The first kappa shape index (κ1) is 19.1. The lowest BCUT2D eigenvalue weighted by Gasteiger charge is -2.29. The molecular formula is C24H20N4O3. The van der Waals surface area contributed by atoms with E-state index in [-0.39, 0.29) is 10.6 Å². The molecule has 3 heterocycles. The van der Waals surface area contributed by atoms with E-state index in [0.29, 0.717) is 24.1 Å². The molecule has 1 saturated heterocycles. The third-order valence-electron chi connectivity index (χ3n) is 5.40. The number of rotatable bonds is 4. The van der Waals surface area contributed by atoms with Gasteiger partial charge in [-0.25, -0.2) is 9.97 Å². The van der Waals surface area contributed by atoms with E-state index in [1.54, 1.807) is 24.3 Å². The molecule has 0 atom stereocenters. The van der Waals surface area contributed by atoms with E-state index in [4.69, 9.17) is 9.72 Å². The molecule has 1 aliphatic rings. The molecule has 4 aromatic rings. The fourth-order valence-corrected chi connectivity index (χ4v) is 3.85. The van der Waals surface area contributed by atoms with Crippen LogP contribution in [-0.4, -0.2) is 41.2 Å². The Hall–Kier alpha value is -3.84. The lowest BCUT2D eigenvalue weighted by atomic mass is 10.1. The Bertz CT molecular complexity index is 1310. The first-order valence-corrected chi connectivity index (χ1v) is 10.1. The summed E-state index contributed by atoms with van der Waals surface area (Å²) in [6, 6.07) is 18.7. The van der Waals surface area contributed by atoms with Gasteiger partial charge in [-0.3, -0.25) is 10.1 Å². The molecule has 2 aromatic heterocycles. The number of para-hydroxylation sites is 1. The van der Waals surface area contributed by atoms with Gasteiger partial charge in [-0.15, -0.1) is 0 Å². The van der Waals surface area contributed by atoms with E-state index in [1.807, 2.05) is 30.4 Å². The monoisotopic (exact) mass is 412 g/mol. The zero-order valence-electron chi connectivity index (χ0n) is 16.8. The molecule has 0 bridgehead atoms. The van der Waals surface area contributed by atoms with Crippen molar-refractivity contribution in [1.29, 1.82) is 0 Å². The van der Waals surface area contributed by atoms with Crippen molar-refractivity contribution in [1.82, 2.24) is 9.97 Å². The molecule has 0 aliphatic carbocycles. The van der Waals surface area contributed by atoms with Gasteiger partial charge >= 0.3 is 0 Å². The van der Waals surface area contributed by atoms with E-state index in [9.17, 15) is 10.1 Å². The van der Waals surface area contributed by atoms with Crippen molar-refractivity contribution in [2.75, 3.05) is 31.2 Å². The van der Waals surface area contributed by atoms with Crippen LogP contribution in [0.25, 0.3) is 34.0 Å². The van der Waals surface area contributed by atoms with Crippen LogP contribution in [0.1, 0.15) is 11.3 Å². The normalized spacial score (nSPS) is 14.5. The molecule has 1 fully saturated rings. The fraction of sp³-hybridized carbons (Fsp3) is 0.167. The summed E-state index contributed by atoms with van der Waals surface area (Å²) in [6.07, 6.45) is 3.93. The SMILES string of the molecule is O=[N+]([O-])c1cccc2nc(C=Cc3cc4ccccc4nc3N3CCOCC3)ccc12. The molecule has 0 radical (unpaired) electrons. The lowest BCUT2D eigenvalue weighted by molar-refractivity contribution is -0.383. The molecule has 154 valence electrons. The van der Waals surface area contributed by atoms with Gasteiger partial charge in [-0.05, 0) is 42.5 Å². The molecule has 7 nitrogen and oxygen atoms in total. The molecule has 7 heteroatoms. The Morgan fingerprint density at radius 1 is 0.935 bits per heavy atom. The van der Waals surface area contributed by atoms with Crippen molar-refractivity contribution in [3.63, 3.8) is 0 Å². The number of pyridine rings is 2. The lowest BCUT2D eigenvalue weighted by Crippen LogP contribution is -2.37. The Balaban J connectivity index is 1.55. The largest absolute Gasteiger partial charge is 0.378 e. The van der Waals surface area contributed by atoms with Gasteiger partial charge in [0.25, 0.3) is 5.69 Å². The van der Waals surface area contributed by atoms with Crippen molar-refractivity contribution >= 4 is 45.5 Å². The zero-order chi connectivity index (χ0) is 21.2. The number of anilines is 1. The molecule has 0 N–H and O–H groups in total. The zero-order valence-corrected chi connectivity index (χ0v) is 16.8. The second kappa shape index (κ2) is 8.12. The van der Waals surface area contributed by atoms with Gasteiger partial charge < -0.3 is 9.64 Å². The second-order valence-electron chi connectivity index (χ2n) is 7.36. The van der Waals surface area contributed by atoms with Gasteiger partial charge in [0, 0.05) is 30.1 Å². The van der Waals surface area contributed by atoms with Crippen LogP contribution in [0, 0.1) is 10.1 Å². The van der Waals surface area contributed by atoms with Crippen molar-refractivity contribution in [2.24, 2.45) is 0 Å². The Kier molecular flexibility index (Phi) is 5.01. The molecule has 0 spiro atoms. The molecule has 1 aliphatic heterocycles. The summed E-state index contributed by atoms with van der Waals surface area (Å²) in [5.41, 5.74) is 3.35. The Morgan fingerprint density at radius 3 is 2.58 bits per heavy atom. The molecular weight excluding hydrogens is 392 g/mol. The number of non-ortho nitro benzene ring substituents is 1. The molecule has 0 unspecified atom stereocenters. The number of nitro groups is 1. The summed E-state index contributed by atoms with van der Waals surface area (Å²) in [5.74, 6) is 0.926. The maximum atomic E-state index is 11.2. The van der Waals surface area contributed by atoms with Gasteiger partial charge in [0.05, 0.1) is 40.3 Å². The minimum atomic E-state index is -0.380. The smallest absolute Gasteiger partial charge is 0.278 e. The number of nitro benzene ring substituents is 1. The molecule has 2 aromatic carbocycles. The van der Waals surface area contributed by atoms with Gasteiger partial charge in [0.2, 0.25) is 0 Å². The summed E-state index contributed by atoms with van der Waals surface area (Å²) in [4.78, 5) is 22.6. The fourth-order valence-electron chi connectivity index (χ4n) is 3.85. The predicted molar refractivity (Wildman–Crippen MR) is 122 cm³/mol. The van der Waals surface area contributed by atoms with E-state index < -0.39 is 0 Å². The number of fused-ring (bicyclic) bond motifs is 2. The highest BCUT2D eigenvalue weighted by atomic mass is 16.6. The van der Waals surface area contributed by atoms with Crippen molar-refractivity contribution < 1.29 is 9.66 Å². The van der Waals surface area contributed by atoms with Crippen LogP contribution >= 0.6 is 0 Å². The summed E-state index contributed by atoms with van der Waals surface area (Å²) in [6.45, 7) is 2.96. The van der Waals surface area contributed by atoms with Crippen molar-refractivity contribution in [3.05, 3.63) is 82.0 Å². The van der Waals surface area contributed by atoms with Crippen molar-refractivity contribution in [2.45, 2.75) is 0 Å². The number of hydrogen-bond acceptors (Lipinski definition) is 6. The van der Waals surface area contributed by atoms with E-state index in [2.05, 4.69) is 22.0 Å². The highest BCUT2D eigenvalue weighted by Crippen LogP contribution is 2.27. The molecule has 0 amide bonds. The average molecular weight is 412 g/mol. The van der Waals surface area contributed by atoms with Crippen LogP contribution in [0.15, 0.2) is 60.7 Å². The van der Waals surface area contributed by atoms with E-state index in [0.717, 1.165) is 41.1 Å². The summed E-state index contributed by atoms with van der Waals surface area (Å²) in [7, 11) is 0. The topological polar surface area (TPSA) is 81.4 Å².